The molecule has 0 saturated heterocycles. The van der Waals surface area contributed by atoms with Crippen LogP contribution in [0.2, 0.25) is 0 Å². The first-order valence-corrected chi connectivity index (χ1v) is 9.06. The van der Waals surface area contributed by atoms with Gasteiger partial charge >= 0.3 is 0 Å². The van der Waals surface area contributed by atoms with Crippen molar-refractivity contribution in [1.29, 1.82) is 0 Å². The summed E-state index contributed by atoms with van der Waals surface area (Å²) >= 11 is 0. The van der Waals surface area contributed by atoms with E-state index in [1.807, 2.05) is 56.3 Å². The molecule has 5 nitrogen and oxygen atoms in total. The lowest BCUT2D eigenvalue weighted by Gasteiger charge is -2.19. The molecular formula is C21H25NO4. The van der Waals surface area contributed by atoms with E-state index in [0.717, 1.165) is 28.4 Å². The van der Waals surface area contributed by atoms with Crippen molar-refractivity contribution in [3.05, 3.63) is 53.6 Å². The number of amides is 1. The summed E-state index contributed by atoms with van der Waals surface area (Å²) in [6.07, 6.45) is 1.10. The second kappa shape index (κ2) is 8.61. The van der Waals surface area contributed by atoms with E-state index in [-0.39, 0.29) is 11.9 Å². The zero-order valence-corrected chi connectivity index (χ0v) is 15.3. The quantitative estimate of drug-likeness (QED) is 0.823. The Kier molecular flexibility index (Phi) is 6.00. The Balaban J connectivity index is 1.50. The summed E-state index contributed by atoms with van der Waals surface area (Å²) in [7, 11) is 0. The molecule has 138 valence electrons. The summed E-state index contributed by atoms with van der Waals surface area (Å²) in [6.45, 7) is 5.73. The molecule has 0 aromatic heterocycles. The molecule has 3 rings (SSSR count). The topological polar surface area (TPSA) is 56.8 Å². The van der Waals surface area contributed by atoms with E-state index in [9.17, 15) is 4.79 Å². The zero-order valence-electron chi connectivity index (χ0n) is 15.3. The number of carbonyl (C=O) groups is 1. The Morgan fingerprint density at radius 3 is 2.58 bits per heavy atom. The van der Waals surface area contributed by atoms with Crippen molar-refractivity contribution in [2.45, 2.75) is 32.7 Å². The molecule has 26 heavy (non-hydrogen) atoms. The molecule has 1 amide bonds. The van der Waals surface area contributed by atoms with E-state index in [0.29, 0.717) is 32.7 Å². The first-order chi connectivity index (χ1) is 12.7. The number of ether oxygens (including phenoxy) is 3. The minimum atomic E-state index is -0.0431. The Morgan fingerprint density at radius 1 is 1.12 bits per heavy atom. The molecule has 2 aromatic rings. The predicted molar refractivity (Wildman–Crippen MR) is 99.9 cm³/mol. The highest BCUT2D eigenvalue weighted by molar-refractivity contribution is 5.76. The third kappa shape index (κ3) is 4.69. The van der Waals surface area contributed by atoms with Crippen molar-refractivity contribution in [3.8, 4) is 17.2 Å². The second-order valence-corrected chi connectivity index (χ2v) is 6.27. The number of benzene rings is 2. The fourth-order valence-electron chi connectivity index (χ4n) is 2.92. The summed E-state index contributed by atoms with van der Waals surface area (Å²) in [5.41, 5.74) is 2.12. The third-order valence-electron chi connectivity index (χ3n) is 4.32. The van der Waals surface area contributed by atoms with Crippen molar-refractivity contribution in [1.82, 2.24) is 5.32 Å². The number of fused-ring (bicyclic) bond motifs is 1. The van der Waals surface area contributed by atoms with Crippen LogP contribution >= 0.6 is 0 Å². The fraction of sp³-hybridized carbons (Fsp3) is 0.381. The van der Waals surface area contributed by atoms with Crippen LogP contribution in [0.15, 0.2) is 42.5 Å². The number of rotatable bonds is 7. The van der Waals surface area contributed by atoms with E-state index in [1.165, 1.54) is 0 Å². The number of hydrogen-bond acceptors (Lipinski definition) is 4. The van der Waals surface area contributed by atoms with Gasteiger partial charge in [-0.25, -0.2) is 0 Å². The van der Waals surface area contributed by atoms with Gasteiger partial charge in [0.1, 0.15) is 19.0 Å². The Bertz CT molecular complexity index is 742. The molecule has 0 spiro atoms. The predicted octanol–water partition coefficient (Wildman–Crippen LogP) is 3.67. The molecule has 0 bridgehead atoms. The van der Waals surface area contributed by atoms with Gasteiger partial charge in [-0.15, -0.1) is 0 Å². The van der Waals surface area contributed by atoms with Gasteiger partial charge < -0.3 is 19.5 Å². The largest absolute Gasteiger partial charge is 0.494 e. The first kappa shape index (κ1) is 18.1. The standard InChI is InChI=1S/C21H25NO4/c1-3-24-18-8-6-17(7-9-18)15(2)22-21(23)11-5-16-4-10-19-20(14-16)26-13-12-25-19/h4,6-10,14-15H,3,5,11-13H2,1-2H3,(H,22,23). The fourth-order valence-corrected chi connectivity index (χ4v) is 2.92. The van der Waals surface area contributed by atoms with Gasteiger partial charge in [-0.3, -0.25) is 4.79 Å². The van der Waals surface area contributed by atoms with Crippen LogP contribution in [0.1, 0.15) is 37.4 Å². The van der Waals surface area contributed by atoms with Crippen molar-refractivity contribution in [3.63, 3.8) is 0 Å². The minimum absolute atomic E-state index is 0.0290. The van der Waals surface area contributed by atoms with E-state index >= 15 is 0 Å². The van der Waals surface area contributed by atoms with Gasteiger partial charge in [-0.1, -0.05) is 18.2 Å². The number of hydrogen-bond donors (Lipinski definition) is 1. The van der Waals surface area contributed by atoms with Crippen LogP contribution in [-0.4, -0.2) is 25.7 Å². The monoisotopic (exact) mass is 355 g/mol. The van der Waals surface area contributed by atoms with Crippen LogP contribution in [-0.2, 0) is 11.2 Å². The summed E-state index contributed by atoms with van der Waals surface area (Å²) in [4.78, 5) is 12.3. The highest BCUT2D eigenvalue weighted by Gasteiger charge is 2.13. The van der Waals surface area contributed by atoms with Crippen molar-refractivity contribution in [2.24, 2.45) is 0 Å². The summed E-state index contributed by atoms with van der Waals surface area (Å²) in [5.74, 6) is 2.40. The molecule has 2 aromatic carbocycles. The van der Waals surface area contributed by atoms with Crippen molar-refractivity contribution in [2.75, 3.05) is 19.8 Å². The highest BCUT2D eigenvalue weighted by Crippen LogP contribution is 2.31. The molecule has 1 heterocycles. The lowest BCUT2D eigenvalue weighted by atomic mass is 10.1. The van der Waals surface area contributed by atoms with E-state index in [1.54, 1.807) is 0 Å². The van der Waals surface area contributed by atoms with Crippen LogP contribution in [0.25, 0.3) is 0 Å². The Hall–Kier alpha value is -2.69. The zero-order chi connectivity index (χ0) is 18.4. The highest BCUT2D eigenvalue weighted by atomic mass is 16.6. The maximum absolute atomic E-state index is 12.3. The summed E-state index contributed by atoms with van der Waals surface area (Å²) in [5, 5.41) is 3.04. The summed E-state index contributed by atoms with van der Waals surface area (Å²) in [6, 6.07) is 13.6. The van der Waals surface area contributed by atoms with Gasteiger partial charge in [0, 0.05) is 6.42 Å². The van der Waals surface area contributed by atoms with Crippen molar-refractivity contribution < 1.29 is 19.0 Å². The Morgan fingerprint density at radius 2 is 1.85 bits per heavy atom. The molecule has 1 aliphatic rings. The Labute approximate surface area is 154 Å². The minimum Gasteiger partial charge on any atom is -0.494 e. The van der Waals surface area contributed by atoms with Crippen LogP contribution < -0.4 is 19.5 Å². The van der Waals surface area contributed by atoms with Crippen LogP contribution in [0.5, 0.6) is 17.2 Å². The van der Waals surface area contributed by atoms with Gasteiger partial charge in [-0.2, -0.15) is 0 Å². The number of nitrogens with one attached hydrogen (secondary N) is 1. The maximum Gasteiger partial charge on any atom is 0.220 e. The SMILES string of the molecule is CCOc1ccc(C(C)NC(=O)CCc2ccc3c(c2)OCCO3)cc1. The van der Waals surface area contributed by atoms with Gasteiger partial charge in [0.25, 0.3) is 0 Å². The third-order valence-corrected chi connectivity index (χ3v) is 4.32. The number of carbonyl (C=O) groups excluding carboxylic acids is 1. The molecule has 1 N–H and O–H groups in total. The van der Waals surface area contributed by atoms with Crippen LogP contribution in [0, 0.1) is 0 Å². The van der Waals surface area contributed by atoms with Gasteiger partial charge in [0.05, 0.1) is 12.6 Å². The van der Waals surface area contributed by atoms with Crippen molar-refractivity contribution >= 4 is 5.91 Å². The lowest BCUT2D eigenvalue weighted by molar-refractivity contribution is -0.121. The molecule has 1 aliphatic heterocycles. The average molecular weight is 355 g/mol. The molecule has 1 atom stereocenters. The van der Waals surface area contributed by atoms with E-state index in [4.69, 9.17) is 14.2 Å². The van der Waals surface area contributed by atoms with Crippen LogP contribution in [0.3, 0.4) is 0 Å². The number of aryl methyl sites for hydroxylation is 1. The molecular weight excluding hydrogens is 330 g/mol. The molecule has 0 aliphatic carbocycles. The normalized spacial score (nSPS) is 13.8. The van der Waals surface area contributed by atoms with Gasteiger partial charge in [0.15, 0.2) is 11.5 Å². The molecule has 0 radical (unpaired) electrons. The maximum atomic E-state index is 12.3. The first-order valence-electron chi connectivity index (χ1n) is 9.06. The lowest BCUT2D eigenvalue weighted by Crippen LogP contribution is -2.26. The molecule has 0 fully saturated rings. The van der Waals surface area contributed by atoms with E-state index < -0.39 is 0 Å². The molecule has 1 unspecified atom stereocenters. The molecule has 5 heteroatoms. The second-order valence-electron chi connectivity index (χ2n) is 6.27. The van der Waals surface area contributed by atoms with Gasteiger partial charge in [0.2, 0.25) is 5.91 Å². The van der Waals surface area contributed by atoms with Crippen LogP contribution in [0.4, 0.5) is 0 Å². The summed E-state index contributed by atoms with van der Waals surface area (Å²) < 4.78 is 16.5. The van der Waals surface area contributed by atoms with Gasteiger partial charge in [-0.05, 0) is 55.7 Å². The molecule has 0 saturated carbocycles. The smallest absolute Gasteiger partial charge is 0.220 e. The average Bonchev–Trinajstić information content (AvgIpc) is 2.67. The van der Waals surface area contributed by atoms with E-state index in [2.05, 4.69) is 5.32 Å².